The molecule has 0 bridgehead atoms. The van der Waals surface area contributed by atoms with Gasteiger partial charge in [0.25, 0.3) is 5.91 Å². The maximum atomic E-state index is 13.0. The zero-order valence-electron chi connectivity index (χ0n) is 17.0. The van der Waals surface area contributed by atoms with Gasteiger partial charge in [0.05, 0.1) is 5.52 Å². The quantitative estimate of drug-likeness (QED) is 0.573. The van der Waals surface area contributed by atoms with Crippen LogP contribution in [0.3, 0.4) is 0 Å². The number of rotatable bonds is 5. The highest BCUT2D eigenvalue weighted by Crippen LogP contribution is 2.28. The van der Waals surface area contributed by atoms with Crippen LogP contribution in [0.5, 0.6) is 5.75 Å². The number of para-hydroxylation sites is 1. The molecule has 0 saturated heterocycles. The highest BCUT2D eigenvalue weighted by Gasteiger charge is 2.20. The number of carbonyl (C=O) groups is 1. The fourth-order valence-corrected chi connectivity index (χ4v) is 3.76. The highest BCUT2D eigenvalue weighted by molar-refractivity contribution is 6.05. The number of anilines is 2. The van der Waals surface area contributed by atoms with Crippen LogP contribution in [-0.4, -0.2) is 17.5 Å². The average molecular weight is 424 g/mol. The van der Waals surface area contributed by atoms with Gasteiger partial charge in [-0.3, -0.25) is 9.78 Å². The molecule has 1 heterocycles. The molecule has 4 rings (SSSR count). The molecule has 0 radical (unpaired) electrons. The predicted molar refractivity (Wildman–Crippen MR) is 124 cm³/mol. The van der Waals surface area contributed by atoms with Gasteiger partial charge < -0.3 is 15.8 Å². The summed E-state index contributed by atoms with van der Waals surface area (Å²) in [7, 11) is 0. The van der Waals surface area contributed by atoms with Crippen molar-refractivity contribution in [3.63, 3.8) is 0 Å². The molecule has 1 aliphatic carbocycles. The van der Waals surface area contributed by atoms with E-state index in [2.05, 4.69) is 10.3 Å². The first-order chi connectivity index (χ1) is 14.1. The molecule has 0 spiro atoms. The van der Waals surface area contributed by atoms with Crippen molar-refractivity contribution < 1.29 is 9.53 Å². The van der Waals surface area contributed by atoms with Crippen LogP contribution < -0.4 is 15.8 Å². The van der Waals surface area contributed by atoms with Crippen molar-refractivity contribution in [2.45, 2.75) is 32.6 Å². The Balaban J connectivity index is 0.00000256. The molecule has 0 saturated carbocycles. The third-order valence-electron chi connectivity index (χ3n) is 5.24. The van der Waals surface area contributed by atoms with E-state index in [-0.39, 0.29) is 18.3 Å². The van der Waals surface area contributed by atoms with Crippen molar-refractivity contribution in [3.8, 4) is 5.75 Å². The first-order valence-corrected chi connectivity index (χ1v) is 9.97. The van der Waals surface area contributed by atoms with Gasteiger partial charge >= 0.3 is 0 Å². The van der Waals surface area contributed by atoms with Crippen molar-refractivity contribution in [1.29, 1.82) is 0 Å². The minimum absolute atomic E-state index is 0. The fraction of sp³-hybridized carbons (Fsp3) is 0.250. The summed E-state index contributed by atoms with van der Waals surface area (Å²) in [6.07, 6.45) is 3.77. The van der Waals surface area contributed by atoms with Crippen LogP contribution in [0.2, 0.25) is 0 Å². The number of hydrogen-bond acceptors (Lipinski definition) is 4. The molecular formula is C24H26ClN3O2. The molecule has 2 aromatic carbocycles. The molecule has 6 heteroatoms. The number of carbonyl (C=O) groups excluding carboxylic acids is 1. The Morgan fingerprint density at radius 2 is 1.87 bits per heavy atom. The van der Waals surface area contributed by atoms with Gasteiger partial charge in [0.2, 0.25) is 0 Å². The minimum atomic E-state index is -0.0608. The Labute approximate surface area is 182 Å². The number of hydrogen-bond donors (Lipinski definition) is 2. The lowest BCUT2D eigenvalue weighted by molar-refractivity contribution is -0.113. The average Bonchev–Trinajstić information content (AvgIpc) is 2.73. The van der Waals surface area contributed by atoms with Crippen LogP contribution in [0.25, 0.3) is 10.9 Å². The summed E-state index contributed by atoms with van der Waals surface area (Å²) < 4.78 is 5.90. The van der Waals surface area contributed by atoms with Crippen molar-refractivity contribution in [2.75, 3.05) is 17.7 Å². The number of nitrogens with zero attached hydrogens (tertiary/aromatic N) is 1. The Bertz CT molecular complexity index is 1080. The van der Waals surface area contributed by atoms with Gasteiger partial charge in [0.15, 0.2) is 0 Å². The molecule has 3 aromatic rings. The van der Waals surface area contributed by atoms with Crippen LogP contribution in [0, 0.1) is 6.92 Å². The summed E-state index contributed by atoms with van der Waals surface area (Å²) in [4.78, 5) is 17.5. The van der Waals surface area contributed by atoms with E-state index in [4.69, 9.17) is 10.5 Å². The van der Waals surface area contributed by atoms with Gasteiger partial charge in [0.1, 0.15) is 12.4 Å². The lowest BCUT2D eigenvalue weighted by atomic mass is 9.91. The molecular weight excluding hydrogens is 398 g/mol. The zero-order chi connectivity index (χ0) is 20.2. The normalized spacial score (nSPS) is 13.6. The maximum Gasteiger partial charge on any atom is 0.251 e. The topological polar surface area (TPSA) is 77.2 Å². The third kappa shape index (κ3) is 4.92. The molecule has 0 fully saturated rings. The lowest BCUT2D eigenvalue weighted by Crippen LogP contribution is -2.20. The zero-order valence-corrected chi connectivity index (χ0v) is 17.8. The summed E-state index contributed by atoms with van der Waals surface area (Å²) in [5, 5.41) is 3.88. The summed E-state index contributed by atoms with van der Waals surface area (Å²) in [5.74, 6) is 0.757. The predicted octanol–water partition coefficient (Wildman–Crippen LogP) is 5.44. The molecule has 0 atom stereocenters. The summed E-state index contributed by atoms with van der Waals surface area (Å²) in [5.41, 5.74) is 11.1. The highest BCUT2D eigenvalue weighted by atomic mass is 35.5. The number of ether oxygens (including phenoxy) is 1. The van der Waals surface area contributed by atoms with E-state index in [1.165, 1.54) is 0 Å². The van der Waals surface area contributed by atoms with Gasteiger partial charge in [-0.15, -0.1) is 12.4 Å². The van der Waals surface area contributed by atoms with Crippen molar-refractivity contribution in [2.24, 2.45) is 0 Å². The minimum Gasteiger partial charge on any atom is -0.489 e. The molecule has 5 nitrogen and oxygen atoms in total. The maximum absolute atomic E-state index is 13.0. The lowest BCUT2D eigenvalue weighted by Gasteiger charge is -2.20. The first kappa shape index (κ1) is 21.7. The van der Waals surface area contributed by atoms with Gasteiger partial charge in [-0.2, -0.15) is 0 Å². The van der Waals surface area contributed by atoms with Crippen LogP contribution in [-0.2, 0) is 4.79 Å². The third-order valence-corrected chi connectivity index (χ3v) is 5.24. The number of pyridine rings is 1. The number of fused-ring (bicyclic) bond motifs is 1. The molecule has 0 aliphatic heterocycles. The second kappa shape index (κ2) is 9.63. The van der Waals surface area contributed by atoms with E-state index in [0.29, 0.717) is 12.3 Å². The van der Waals surface area contributed by atoms with Gasteiger partial charge in [0, 0.05) is 28.0 Å². The molecule has 3 N–H and O–H groups in total. The summed E-state index contributed by atoms with van der Waals surface area (Å²) in [6.45, 7) is 2.36. The first-order valence-electron chi connectivity index (χ1n) is 9.97. The molecule has 0 unspecified atom stereocenters. The largest absolute Gasteiger partial charge is 0.489 e. The summed E-state index contributed by atoms with van der Waals surface area (Å²) >= 11 is 0. The molecule has 1 aliphatic rings. The molecule has 1 amide bonds. The van der Waals surface area contributed by atoms with E-state index in [9.17, 15) is 4.79 Å². The molecule has 30 heavy (non-hydrogen) atoms. The van der Waals surface area contributed by atoms with E-state index in [1.807, 2.05) is 61.5 Å². The van der Waals surface area contributed by atoms with Crippen LogP contribution in [0.4, 0.5) is 11.4 Å². The summed E-state index contributed by atoms with van der Waals surface area (Å²) in [6, 6.07) is 17.2. The van der Waals surface area contributed by atoms with Gasteiger partial charge in [-0.25, -0.2) is 0 Å². The smallest absolute Gasteiger partial charge is 0.251 e. The standard InChI is InChI=1S/C24H25N3O2.ClH/c1-16-13-22(25)21-14-18(11-12-23(21)26-16)27-24(28)20-10-6-5-7-17(20)15-29-19-8-3-2-4-9-19;/h2-4,8-9,11-14H,5-7,10,15H2,1H3,(H2,25,26)(H,27,28);1H. The monoisotopic (exact) mass is 423 g/mol. The SMILES string of the molecule is Cc1cc(N)c2cc(NC(=O)C3=C(COc4ccccc4)CCCC3)ccc2n1.Cl. The fourth-order valence-electron chi connectivity index (χ4n) is 3.76. The number of halogens is 1. The Morgan fingerprint density at radius 1 is 1.10 bits per heavy atom. The van der Waals surface area contributed by atoms with Gasteiger partial charge in [-0.1, -0.05) is 18.2 Å². The van der Waals surface area contributed by atoms with Crippen molar-refractivity contribution in [3.05, 3.63) is 71.4 Å². The Kier molecular flexibility index (Phi) is 6.95. The van der Waals surface area contributed by atoms with E-state index < -0.39 is 0 Å². The number of amides is 1. The molecule has 1 aromatic heterocycles. The van der Waals surface area contributed by atoms with Crippen LogP contribution >= 0.6 is 12.4 Å². The number of aromatic nitrogens is 1. The second-order valence-corrected chi connectivity index (χ2v) is 7.43. The number of nitrogens with one attached hydrogen (secondary N) is 1. The van der Waals surface area contributed by atoms with Crippen molar-refractivity contribution >= 4 is 40.6 Å². The Morgan fingerprint density at radius 3 is 2.67 bits per heavy atom. The number of benzene rings is 2. The number of nitrogens with two attached hydrogens (primary N) is 1. The number of nitrogen functional groups attached to an aromatic ring is 1. The van der Waals surface area contributed by atoms with Crippen molar-refractivity contribution in [1.82, 2.24) is 4.98 Å². The van der Waals surface area contributed by atoms with E-state index >= 15 is 0 Å². The van der Waals surface area contributed by atoms with E-state index in [1.54, 1.807) is 0 Å². The van der Waals surface area contributed by atoms with Gasteiger partial charge in [-0.05, 0) is 74.6 Å². The number of aryl methyl sites for hydroxylation is 1. The second-order valence-electron chi connectivity index (χ2n) is 7.43. The van der Waals surface area contributed by atoms with Crippen LogP contribution in [0.1, 0.15) is 31.4 Å². The van der Waals surface area contributed by atoms with Crippen LogP contribution in [0.15, 0.2) is 65.7 Å². The Hall–Kier alpha value is -3.05. The molecule has 156 valence electrons. The van der Waals surface area contributed by atoms with E-state index in [0.717, 1.165) is 64.9 Å².